The van der Waals surface area contributed by atoms with Crippen LogP contribution in [0, 0.1) is 20.8 Å². The van der Waals surface area contributed by atoms with Crippen LogP contribution < -0.4 is 15.5 Å². The van der Waals surface area contributed by atoms with Crippen molar-refractivity contribution in [2.75, 3.05) is 22.5 Å². The van der Waals surface area contributed by atoms with Gasteiger partial charge in [0.1, 0.15) is 5.03 Å². The number of amides is 3. The predicted octanol–water partition coefficient (Wildman–Crippen LogP) is 5.08. The van der Waals surface area contributed by atoms with Gasteiger partial charge in [0.25, 0.3) is 5.91 Å². The summed E-state index contributed by atoms with van der Waals surface area (Å²) in [5.41, 5.74) is 6.28. The van der Waals surface area contributed by atoms with E-state index in [1.54, 1.807) is 40.9 Å². The standard InChI is InChI=1S/C25H26N4O2S/c1-16-6-4-5-7-20(16)15-26-23(30)19-8-10-21(11-9-19)28-25(31)29-12-13-32-24-22(29)17(2)14-18(3)27-24/h4-11,14H,12-13,15H2,1-3H3,(H,26,30)(H,28,31). The average molecular weight is 447 g/mol. The number of anilines is 2. The van der Waals surface area contributed by atoms with Gasteiger partial charge in [-0.1, -0.05) is 24.3 Å². The highest BCUT2D eigenvalue weighted by atomic mass is 32.2. The van der Waals surface area contributed by atoms with Crippen LogP contribution in [0.25, 0.3) is 0 Å². The van der Waals surface area contributed by atoms with Crippen molar-refractivity contribution in [3.8, 4) is 0 Å². The maximum absolute atomic E-state index is 13.0. The lowest BCUT2D eigenvalue weighted by molar-refractivity contribution is 0.0951. The molecule has 1 aliphatic rings. The van der Waals surface area contributed by atoms with Crippen molar-refractivity contribution in [2.45, 2.75) is 32.3 Å². The van der Waals surface area contributed by atoms with E-state index < -0.39 is 0 Å². The van der Waals surface area contributed by atoms with Gasteiger partial charge in [0.2, 0.25) is 0 Å². The van der Waals surface area contributed by atoms with E-state index in [0.717, 1.165) is 38.9 Å². The third-order valence-electron chi connectivity index (χ3n) is 5.45. The number of carbonyl (C=O) groups excluding carboxylic acids is 2. The number of aryl methyl sites for hydroxylation is 3. The maximum atomic E-state index is 13.0. The molecule has 4 rings (SSSR count). The van der Waals surface area contributed by atoms with E-state index in [1.807, 2.05) is 51.1 Å². The Morgan fingerprint density at radius 3 is 2.53 bits per heavy atom. The fourth-order valence-corrected chi connectivity index (χ4v) is 4.84. The molecule has 2 aromatic carbocycles. The van der Waals surface area contributed by atoms with Crippen LogP contribution in [0.1, 0.15) is 32.7 Å². The number of rotatable bonds is 4. The van der Waals surface area contributed by atoms with Crippen molar-refractivity contribution in [1.82, 2.24) is 10.3 Å². The number of nitrogens with one attached hydrogen (secondary N) is 2. The summed E-state index contributed by atoms with van der Waals surface area (Å²) in [6.45, 7) is 7.09. The first-order valence-corrected chi connectivity index (χ1v) is 11.5. The zero-order chi connectivity index (χ0) is 22.7. The molecule has 0 fully saturated rings. The quantitative estimate of drug-likeness (QED) is 0.586. The molecule has 1 aliphatic heterocycles. The second kappa shape index (κ2) is 9.44. The van der Waals surface area contributed by atoms with Crippen molar-refractivity contribution in [1.29, 1.82) is 0 Å². The molecular weight excluding hydrogens is 420 g/mol. The lowest BCUT2D eigenvalue weighted by Gasteiger charge is -2.30. The number of urea groups is 1. The molecule has 0 saturated heterocycles. The lowest BCUT2D eigenvalue weighted by Crippen LogP contribution is -2.39. The van der Waals surface area contributed by atoms with Crippen molar-refractivity contribution in [3.63, 3.8) is 0 Å². The van der Waals surface area contributed by atoms with Gasteiger partial charge in [-0.25, -0.2) is 9.78 Å². The first kappa shape index (κ1) is 21.9. The van der Waals surface area contributed by atoms with Crippen LogP contribution in [0.2, 0.25) is 0 Å². The van der Waals surface area contributed by atoms with Crippen LogP contribution in [-0.2, 0) is 6.54 Å². The Labute approximate surface area is 192 Å². The second-order valence-electron chi connectivity index (χ2n) is 7.85. The Bertz CT molecular complexity index is 1160. The molecule has 0 radical (unpaired) electrons. The summed E-state index contributed by atoms with van der Waals surface area (Å²) in [6, 6.07) is 16.7. The fraction of sp³-hybridized carbons (Fsp3) is 0.240. The van der Waals surface area contributed by atoms with Gasteiger partial charge in [0, 0.05) is 35.8 Å². The molecule has 32 heavy (non-hydrogen) atoms. The molecule has 1 aromatic heterocycles. The molecule has 3 amide bonds. The van der Waals surface area contributed by atoms with E-state index in [1.165, 1.54) is 0 Å². The number of pyridine rings is 1. The van der Waals surface area contributed by atoms with Crippen molar-refractivity contribution in [2.24, 2.45) is 0 Å². The second-order valence-corrected chi connectivity index (χ2v) is 8.93. The van der Waals surface area contributed by atoms with Crippen molar-refractivity contribution in [3.05, 3.63) is 82.5 Å². The first-order valence-electron chi connectivity index (χ1n) is 10.5. The topological polar surface area (TPSA) is 74.3 Å². The smallest absolute Gasteiger partial charge is 0.326 e. The number of thioether (sulfide) groups is 1. The minimum atomic E-state index is -0.197. The zero-order valence-corrected chi connectivity index (χ0v) is 19.3. The molecule has 0 atom stereocenters. The molecule has 6 nitrogen and oxygen atoms in total. The zero-order valence-electron chi connectivity index (χ0n) is 18.4. The number of fused-ring (bicyclic) bond motifs is 1. The van der Waals surface area contributed by atoms with Gasteiger partial charge in [-0.05, 0) is 67.8 Å². The summed E-state index contributed by atoms with van der Waals surface area (Å²) in [4.78, 5) is 31.8. The summed E-state index contributed by atoms with van der Waals surface area (Å²) >= 11 is 1.68. The highest BCUT2D eigenvalue weighted by molar-refractivity contribution is 7.99. The van der Waals surface area contributed by atoms with Gasteiger partial charge in [-0.3, -0.25) is 9.69 Å². The number of carbonyl (C=O) groups is 2. The maximum Gasteiger partial charge on any atom is 0.326 e. The van der Waals surface area contributed by atoms with Gasteiger partial charge in [0.15, 0.2) is 0 Å². The average Bonchev–Trinajstić information content (AvgIpc) is 2.78. The molecule has 0 spiro atoms. The molecule has 0 saturated carbocycles. The Balaban J connectivity index is 1.41. The molecule has 0 bridgehead atoms. The molecule has 0 aliphatic carbocycles. The van der Waals surface area contributed by atoms with Gasteiger partial charge < -0.3 is 10.6 Å². The van der Waals surface area contributed by atoms with Crippen LogP contribution in [-0.4, -0.2) is 29.2 Å². The molecule has 2 N–H and O–H groups in total. The van der Waals surface area contributed by atoms with E-state index in [0.29, 0.717) is 24.3 Å². The summed E-state index contributed by atoms with van der Waals surface area (Å²) in [5, 5.41) is 6.78. The number of benzene rings is 2. The lowest BCUT2D eigenvalue weighted by atomic mass is 10.1. The molecular formula is C25H26N4O2S. The van der Waals surface area contributed by atoms with Gasteiger partial charge in [-0.2, -0.15) is 0 Å². The molecule has 0 unspecified atom stereocenters. The predicted molar refractivity (Wildman–Crippen MR) is 130 cm³/mol. The fourth-order valence-electron chi connectivity index (χ4n) is 3.76. The third kappa shape index (κ3) is 4.78. The number of hydrogen-bond donors (Lipinski definition) is 2. The highest BCUT2D eigenvalue weighted by Crippen LogP contribution is 2.36. The Morgan fingerprint density at radius 2 is 1.78 bits per heavy atom. The number of nitrogens with zero attached hydrogens (tertiary/aromatic N) is 2. The molecule has 7 heteroatoms. The SMILES string of the molecule is Cc1cc(C)c2c(n1)SCCN2C(=O)Nc1ccc(C(=O)NCc2ccccc2C)cc1. The summed E-state index contributed by atoms with van der Waals surface area (Å²) in [5.74, 6) is 0.654. The molecule has 164 valence electrons. The Morgan fingerprint density at radius 1 is 1.03 bits per heavy atom. The summed E-state index contributed by atoms with van der Waals surface area (Å²) < 4.78 is 0. The van der Waals surface area contributed by atoms with Crippen LogP contribution in [0.4, 0.5) is 16.2 Å². The van der Waals surface area contributed by atoms with Crippen molar-refractivity contribution < 1.29 is 9.59 Å². The van der Waals surface area contributed by atoms with Gasteiger partial charge in [-0.15, -0.1) is 11.8 Å². The highest BCUT2D eigenvalue weighted by Gasteiger charge is 2.26. The van der Waals surface area contributed by atoms with E-state index in [9.17, 15) is 9.59 Å². The Kier molecular flexibility index (Phi) is 6.46. The number of hydrogen-bond acceptors (Lipinski definition) is 4. The minimum absolute atomic E-state index is 0.148. The van der Waals surface area contributed by atoms with Crippen LogP contribution in [0.5, 0.6) is 0 Å². The van der Waals surface area contributed by atoms with E-state index in [-0.39, 0.29) is 11.9 Å². The third-order valence-corrected chi connectivity index (χ3v) is 6.39. The normalized spacial score (nSPS) is 12.8. The van der Waals surface area contributed by atoms with E-state index in [2.05, 4.69) is 15.6 Å². The molecule has 3 aromatic rings. The van der Waals surface area contributed by atoms with Crippen molar-refractivity contribution >= 4 is 35.1 Å². The van der Waals surface area contributed by atoms with Crippen LogP contribution in [0.15, 0.2) is 59.6 Å². The summed E-state index contributed by atoms with van der Waals surface area (Å²) in [7, 11) is 0. The van der Waals surface area contributed by atoms with Crippen LogP contribution >= 0.6 is 11.8 Å². The number of aromatic nitrogens is 1. The summed E-state index contributed by atoms with van der Waals surface area (Å²) in [6.07, 6.45) is 0. The molecule has 2 heterocycles. The van der Waals surface area contributed by atoms with Gasteiger partial charge in [0.05, 0.1) is 5.69 Å². The largest absolute Gasteiger partial charge is 0.348 e. The van der Waals surface area contributed by atoms with Crippen LogP contribution in [0.3, 0.4) is 0 Å². The minimum Gasteiger partial charge on any atom is -0.348 e. The first-order chi connectivity index (χ1) is 15.4. The monoisotopic (exact) mass is 446 g/mol. The van der Waals surface area contributed by atoms with Gasteiger partial charge >= 0.3 is 6.03 Å². The van der Waals surface area contributed by atoms with E-state index in [4.69, 9.17) is 0 Å². The Hall–Kier alpha value is -3.32. The van der Waals surface area contributed by atoms with E-state index >= 15 is 0 Å².